The molecular weight excluding hydrogens is 164 g/mol. The summed E-state index contributed by atoms with van der Waals surface area (Å²) in [6.45, 7) is 0. The third-order valence-corrected chi connectivity index (χ3v) is 5.73. The summed E-state index contributed by atoms with van der Waals surface area (Å²) in [5.74, 6) is 5.96. The lowest BCUT2D eigenvalue weighted by molar-refractivity contribution is 0.475. The third kappa shape index (κ3) is 0.131. The van der Waals surface area contributed by atoms with Crippen LogP contribution in [0.15, 0.2) is 0 Å². The molecule has 5 aliphatic rings. The molecule has 0 nitrogen and oxygen atoms in total. The Kier molecular flexibility index (Phi) is 0.280. The van der Waals surface area contributed by atoms with Gasteiger partial charge in [-0.1, -0.05) is 15.9 Å². The van der Waals surface area contributed by atoms with Crippen molar-refractivity contribution < 1.29 is 0 Å². The van der Waals surface area contributed by atoms with E-state index in [4.69, 9.17) is 0 Å². The van der Waals surface area contributed by atoms with Crippen LogP contribution >= 0.6 is 15.9 Å². The van der Waals surface area contributed by atoms with E-state index in [1.165, 1.54) is 23.7 Å². The van der Waals surface area contributed by atoms with Crippen LogP contribution in [0.25, 0.3) is 0 Å². The van der Waals surface area contributed by atoms with Crippen molar-refractivity contribution in [2.24, 2.45) is 29.6 Å². The van der Waals surface area contributed by atoms with Crippen molar-refractivity contribution in [3.05, 3.63) is 0 Å². The summed E-state index contributed by atoms with van der Waals surface area (Å²) >= 11 is 3.85. The Balaban J connectivity index is 2.12. The maximum Gasteiger partial charge on any atom is 0.0357 e. The summed E-state index contributed by atoms with van der Waals surface area (Å²) in [5, 5.41) is 0. The van der Waals surface area contributed by atoms with E-state index < -0.39 is 0 Å². The molecule has 6 atom stereocenters. The Morgan fingerprint density at radius 3 is 2.38 bits per heavy atom. The van der Waals surface area contributed by atoms with E-state index in [0.717, 1.165) is 10.2 Å². The Bertz CT molecular complexity index is 180. The molecular formula is C7H7Br. The second kappa shape index (κ2) is 0.622. The van der Waals surface area contributed by atoms with E-state index in [1.54, 1.807) is 6.42 Å². The minimum atomic E-state index is 0.766. The highest BCUT2D eigenvalue weighted by Gasteiger charge is 2.95. The smallest absolute Gasteiger partial charge is 0.0357 e. The molecule has 5 fully saturated rings. The van der Waals surface area contributed by atoms with Gasteiger partial charge in [0.15, 0.2) is 0 Å². The zero-order valence-corrected chi connectivity index (χ0v) is 6.06. The highest BCUT2D eigenvalue weighted by atomic mass is 79.9. The molecule has 0 radical (unpaired) electrons. The largest absolute Gasteiger partial charge is 0.0844 e. The molecule has 5 saturated carbocycles. The topological polar surface area (TPSA) is 0 Å². The van der Waals surface area contributed by atoms with Crippen LogP contribution in [0.2, 0.25) is 0 Å². The number of halogens is 1. The van der Waals surface area contributed by atoms with Gasteiger partial charge in [-0.2, -0.15) is 0 Å². The molecule has 0 unspecified atom stereocenters. The van der Waals surface area contributed by atoms with Crippen molar-refractivity contribution in [1.82, 2.24) is 0 Å². The van der Waals surface area contributed by atoms with Crippen LogP contribution < -0.4 is 0 Å². The van der Waals surface area contributed by atoms with E-state index in [-0.39, 0.29) is 0 Å². The van der Waals surface area contributed by atoms with Gasteiger partial charge in [-0.05, 0) is 36.0 Å². The van der Waals surface area contributed by atoms with Gasteiger partial charge >= 0.3 is 0 Å². The lowest BCUT2D eigenvalue weighted by Gasteiger charge is -2.15. The quantitative estimate of drug-likeness (QED) is 0.486. The summed E-state index contributed by atoms with van der Waals surface area (Å²) in [6, 6.07) is 0. The fourth-order valence-electron chi connectivity index (χ4n) is 3.83. The van der Waals surface area contributed by atoms with Crippen molar-refractivity contribution in [3.8, 4) is 0 Å². The van der Waals surface area contributed by atoms with Gasteiger partial charge in [-0.3, -0.25) is 0 Å². The Hall–Kier alpha value is 0.480. The van der Waals surface area contributed by atoms with Gasteiger partial charge in [0.05, 0.1) is 0 Å². The van der Waals surface area contributed by atoms with Crippen molar-refractivity contribution in [3.63, 3.8) is 0 Å². The van der Waals surface area contributed by atoms with Gasteiger partial charge in [-0.25, -0.2) is 0 Å². The van der Waals surface area contributed by atoms with E-state index in [9.17, 15) is 0 Å². The minimum Gasteiger partial charge on any atom is -0.0844 e. The maximum atomic E-state index is 3.85. The molecule has 1 heteroatoms. The highest BCUT2D eigenvalue weighted by molar-refractivity contribution is 9.10. The molecule has 0 aromatic carbocycles. The molecule has 0 saturated heterocycles. The Labute approximate surface area is 56.8 Å². The number of rotatable bonds is 0. The van der Waals surface area contributed by atoms with Crippen molar-refractivity contribution in [1.29, 1.82) is 0 Å². The molecule has 0 spiro atoms. The highest BCUT2D eigenvalue weighted by Crippen LogP contribution is 2.96. The molecule has 0 aromatic heterocycles. The molecule has 5 rings (SSSR count). The fourth-order valence-corrected chi connectivity index (χ4v) is 5.44. The molecule has 0 aliphatic heterocycles. The van der Waals surface area contributed by atoms with Crippen molar-refractivity contribution in [2.75, 3.05) is 0 Å². The zero-order chi connectivity index (χ0) is 5.09. The Morgan fingerprint density at radius 2 is 2.25 bits per heavy atom. The first kappa shape index (κ1) is 3.60. The summed E-state index contributed by atoms with van der Waals surface area (Å²) in [5.41, 5.74) is 0. The zero-order valence-electron chi connectivity index (χ0n) is 4.47. The van der Waals surface area contributed by atoms with E-state index in [1.807, 2.05) is 0 Å². The lowest BCUT2D eigenvalue weighted by Crippen LogP contribution is -2.17. The average Bonchev–Trinajstić information content (AvgIpc) is 2.37. The van der Waals surface area contributed by atoms with Gasteiger partial charge in [-0.15, -0.1) is 0 Å². The van der Waals surface area contributed by atoms with Crippen LogP contribution in [0, 0.1) is 29.6 Å². The second-order valence-electron chi connectivity index (χ2n) is 3.96. The summed E-state index contributed by atoms with van der Waals surface area (Å²) in [4.78, 5) is 0. The van der Waals surface area contributed by atoms with E-state index in [0.29, 0.717) is 0 Å². The maximum absolute atomic E-state index is 3.85. The van der Waals surface area contributed by atoms with E-state index >= 15 is 0 Å². The predicted octanol–water partition coefficient (Wildman–Crippen LogP) is 1.65. The first-order chi connectivity index (χ1) is 3.85. The first-order valence-electron chi connectivity index (χ1n) is 3.54. The molecule has 2 bridgehead atoms. The van der Waals surface area contributed by atoms with Gasteiger partial charge in [0.2, 0.25) is 0 Å². The van der Waals surface area contributed by atoms with Gasteiger partial charge < -0.3 is 0 Å². The second-order valence-corrected chi connectivity index (χ2v) is 5.34. The normalized spacial score (nSPS) is 94.9. The van der Waals surface area contributed by atoms with Crippen LogP contribution in [-0.2, 0) is 0 Å². The molecule has 0 heterocycles. The fraction of sp³-hybridized carbons (Fsp3) is 1.00. The SMILES string of the molecule is Br[C@]12[C@H]3[C@H]4C[C@H]1[C@@H]2[C@H]43. The Morgan fingerprint density at radius 1 is 1.38 bits per heavy atom. The van der Waals surface area contributed by atoms with Crippen LogP contribution in [0.3, 0.4) is 0 Å². The number of alkyl halides is 1. The molecule has 0 amide bonds. The van der Waals surface area contributed by atoms with Crippen LogP contribution in [-0.4, -0.2) is 4.32 Å². The molecule has 5 aliphatic carbocycles. The number of hydrogen-bond donors (Lipinski definition) is 0. The van der Waals surface area contributed by atoms with Crippen molar-refractivity contribution >= 4 is 15.9 Å². The monoisotopic (exact) mass is 170 g/mol. The third-order valence-electron chi connectivity index (χ3n) is 4.08. The van der Waals surface area contributed by atoms with Crippen LogP contribution in [0.5, 0.6) is 0 Å². The van der Waals surface area contributed by atoms with Crippen LogP contribution in [0.4, 0.5) is 0 Å². The average molecular weight is 171 g/mol. The van der Waals surface area contributed by atoms with Gasteiger partial charge in [0.1, 0.15) is 0 Å². The summed E-state index contributed by atoms with van der Waals surface area (Å²) < 4.78 is 0.766. The lowest BCUT2D eigenvalue weighted by atomic mass is 10.0. The summed E-state index contributed by atoms with van der Waals surface area (Å²) in [7, 11) is 0. The number of hydrogen-bond acceptors (Lipinski definition) is 0. The van der Waals surface area contributed by atoms with Crippen molar-refractivity contribution in [2.45, 2.75) is 10.7 Å². The first-order valence-corrected chi connectivity index (χ1v) is 4.33. The van der Waals surface area contributed by atoms with Crippen LogP contribution in [0.1, 0.15) is 6.42 Å². The minimum absolute atomic E-state index is 0.766. The molecule has 42 valence electrons. The molecule has 0 aromatic rings. The van der Waals surface area contributed by atoms with Gasteiger partial charge in [0.25, 0.3) is 0 Å². The van der Waals surface area contributed by atoms with E-state index in [2.05, 4.69) is 15.9 Å². The predicted molar refractivity (Wildman–Crippen MR) is 33.7 cm³/mol. The molecule has 0 N–H and O–H groups in total. The molecule has 8 heavy (non-hydrogen) atoms. The summed E-state index contributed by atoms with van der Waals surface area (Å²) in [6.07, 6.45) is 1.59. The van der Waals surface area contributed by atoms with Gasteiger partial charge in [0, 0.05) is 4.32 Å². The standard InChI is InChI=1S/C7H7Br/c8-7-3-1-2-4(5(2)7)6(3)7/h2-6H,1H2/t2-,3-,4+,5-,6+,7-/m0/s1.